The Morgan fingerprint density at radius 2 is 1.94 bits per heavy atom. The van der Waals surface area contributed by atoms with Crippen LogP contribution < -0.4 is 9.47 Å². The third-order valence-electron chi connectivity index (χ3n) is 6.37. The van der Waals surface area contributed by atoms with Crippen molar-refractivity contribution in [2.24, 2.45) is 0 Å². The highest BCUT2D eigenvalue weighted by atomic mass is 32.1. The van der Waals surface area contributed by atoms with Crippen LogP contribution in [-0.2, 0) is 11.2 Å². The van der Waals surface area contributed by atoms with Crippen LogP contribution in [0.2, 0.25) is 0 Å². The summed E-state index contributed by atoms with van der Waals surface area (Å²) >= 11 is 1.75. The lowest BCUT2D eigenvalue weighted by atomic mass is 10.0. The molecule has 1 amide bonds. The fourth-order valence-corrected chi connectivity index (χ4v) is 5.58. The average molecular weight is 509 g/mol. The maximum atomic E-state index is 13.6. The molecule has 7 heteroatoms. The van der Waals surface area contributed by atoms with Crippen LogP contribution >= 0.6 is 11.3 Å². The van der Waals surface area contributed by atoms with Gasteiger partial charge in [0.25, 0.3) is 0 Å². The molecular weight excluding hydrogens is 472 g/mol. The molecule has 4 rings (SSSR count). The molecule has 0 spiro atoms. The average Bonchev–Trinajstić information content (AvgIpc) is 3.36. The van der Waals surface area contributed by atoms with E-state index in [1.807, 2.05) is 71.3 Å². The van der Waals surface area contributed by atoms with Crippen molar-refractivity contribution in [1.82, 2.24) is 9.80 Å². The zero-order valence-corrected chi connectivity index (χ0v) is 22.0. The van der Waals surface area contributed by atoms with Gasteiger partial charge in [0, 0.05) is 18.0 Å². The zero-order chi connectivity index (χ0) is 25.3. The van der Waals surface area contributed by atoms with E-state index >= 15 is 0 Å². The van der Waals surface area contributed by atoms with Crippen molar-refractivity contribution in [3.05, 3.63) is 82.0 Å². The van der Waals surface area contributed by atoms with Crippen LogP contribution in [0.4, 0.5) is 0 Å². The van der Waals surface area contributed by atoms with E-state index in [-0.39, 0.29) is 25.1 Å². The summed E-state index contributed by atoms with van der Waals surface area (Å²) in [4.78, 5) is 18.9. The van der Waals surface area contributed by atoms with Crippen molar-refractivity contribution in [1.29, 1.82) is 0 Å². The van der Waals surface area contributed by atoms with Gasteiger partial charge in [-0.3, -0.25) is 9.69 Å². The minimum absolute atomic E-state index is 0.0642. The van der Waals surface area contributed by atoms with Crippen LogP contribution in [0.5, 0.6) is 11.5 Å². The predicted molar refractivity (Wildman–Crippen MR) is 144 cm³/mol. The topological polar surface area (TPSA) is 62.2 Å². The molecule has 6 nitrogen and oxygen atoms in total. The van der Waals surface area contributed by atoms with Crippen LogP contribution in [0.25, 0.3) is 0 Å². The van der Waals surface area contributed by atoms with Crippen molar-refractivity contribution in [2.45, 2.75) is 38.8 Å². The van der Waals surface area contributed by atoms with Gasteiger partial charge in [0.05, 0.1) is 12.6 Å². The van der Waals surface area contributed by atoms with Gasteiger partial charge in [-0.05, 0) is 73.1 Å². The molecule has 0 aliphatic carbocycles. The first-order valence-corrected chi connectivity index (χ1v) is 13.5. The molecule has 1 aliphatic heterocycles. The van der Waals surface area contributed by atoms with Gasteiger partial charge in [-0.15, -0.1) is 11.3 Å². The molecular formula is C29H36N2O4S. The summed E-state index contributed by atoms with van der Waals surface area (Å²) in [5.74, 6) is 1.61. The molecule has 36 heavy (non-hydrogen) atoms. The predicted octanol–water partition coefficient (Wildman–Crippen LogP) is 4.71. The highest BCUT2D eigenvalue weighted by molar-refractivity contribution is 7.10. The number of para-hydroxylation sites is 1. The molecule has 0 saturated carbocycles. The number of fused-ring (bicyclic) bond motifs is 1. The number of nitrogens with zero attached hydrogens (tertiary/aromatic N) is 2. The Balaban J connectivity index is 1.39. The van der Waals surface area contributed by atoms with Gasteiger partial charge in [0.2, 0.25) is 5.91 Å². The number of ether oxygens (including phenoxy) is 2. The quantitative estimate of drug-likeness (QED) is 0.384. The third kappa shape index (κ3) is 7.09. The number of rotatable bonds is 12. The first-order valence-electron chi connectivity index (χ1n) is 12.7. The largest absolute Gasteiger partial charge is 0.491 e. The summed E-state index contributed by atoms with van der Waals surface area (Å²) in [6.45, 7) is 6.78. The number of hydrogen-bond acceptors (Lipinski definition) is 6. The molecule has 1 aliphatic rings. The molecule has 0 saturated heterocycles. The Morgan fingerprint density at radius 3 is 2.72 bits per heavy atom. The number of benzene rings is 2. The lowest BCUT2D eigenvalue weighted by Gasteiger charge is -2.37. The number of thiophene rings is 1. The molecule has 0 unspecified atom stereocenters. The fourth-order valence-electron chi connectivity index (χ4n) is 4.65. The Labute approximate surface area is 218 Å². The number of aliphatic hydroxyl groups is 1. The maximum Gasteiger partial charge on any atom is 0.237 e. The fraction of sp³-hybridized carbons (Fsp3) is 0.414. The van der Waals surface area contributed by atoms with Gasteiger partial charge in [-0.25, -0.2) is 0 Å². The highest BCUT2D eigenvalue weighted by Crippen LogP contribution is 2.34. The minimum Gasteiger partial charge on any atom is -0.491 e. The van der Waals surface area contributed by atoms with Crippen LogP contribution in [0.3, 0.4) is 0 Å². The van der Waals surface area contributed by atoms with E-state index < -0.39 is 6.10 Å². The van der Waals surface area contributed by atoms with E-state index in [1.54, 1.807) is 11.3 Å². The smallest absolute Gasteiger partial charge is 0.237 e. The summed E-state index contributed by atoms with van der Waals surface area (Å²) in [6, 6.07) is 19.5. The third-order valence-corrected chi connectivity index (χ3v) is 7.36. The lowest BCUT2D eigenvalue weighted by molar-refractivity contribution is -0.136. The summed E-state index contributed by atoms with van der Waals surface area (Å²) < 4.78 is 11.9. The van der Waals surface area contributed by atoms with E-state index in [0.29, 0.717) is 19.7 Å². The number of amides is 1. The van der Waals surface area contributed by atoms with Gasteiger partial charge in [-0.2, -0.15) is 0 Å². The van der Waals surface area contributed by atoms with E-state index in [1.165, 1.54) is 10.4 Å². The minimum atomic E-state index is -0.685. The summed E-state index contributed by atoms with van der Waals surface area (Å²) in [7, 11) is 0. The van der Waals surface area contributed by atoms with Gasteiger partial charge in [0.1, 0.15) is 30.8 Å². The second kappa shape index (κ2) is 12.9. The molecule has 2 atom stereocenters. The molecule has 1 aromatic heterocycles. The summed E-state index contributed by atoms with van der Waals surface area (Å²) in [5, 5.41) is 12.7. The highest BCUT2D eigenvalue weighted by Gasteiger charge is 2.33. The van der Waals surface area contributed by atoms with Crippen LogP contribution in [-0.4, -0.2) is 66.3 Å². The number of aryl methyl sites for hydroxylation is 1. The van der Waals surface area contributed by atoms with Crippen LogP contribution in [0.1, 0.15) is 35.4 Å². The summed E-state index contributed by atoms with van der Waals surface area (Å²) in [6.07, 6.45) is 1.07. The van der Waals surface area contributed by atoms with Gasteiger partial charge in [-0.1, -0.05) is 37.3 Å². The molecule has 0 fully saturated rings. The van der Waals surface area contributed by atoms with Gasteiger partial charge < -0.3 is 19.5 Å². The first kappa shape index (κ1) is 26.2. The Kier molecular flexibility index (Phi) is 9.39. The molecule has 2 heterocycles. The van der Waals surface area contributed by atoms with Crippen molar-refractivity contribution in [3.63, 3.8) is 0 Å². The molecule has 2 aromatic carbocycles. The number of carbonyl (C=O) groups excluding carboxylic acids is 1. The van der Waals surface area contributed by atoms with E-state index in [4.69, 9.17) is 9.47 Å². The normalized spacial score (nSPS) is 16.0. The van der Waals surface area contributed by atoms with Crippen molar-refractivity contribution < 1.29 is 19.4 Å². The molecule has 1 N–H and O–H groups in total. The standard InChI is InChI=1S/C29H36N2O4S/c1-3-14-30(18-23(32)20-34-24-9-5-4-6-10-24)19-29(33)31-15-12-28-26(13-16-36-28)27(31)21-35-25-11-7-8-22(2)17-25/h4-11,13,16-17,23,27,32H,3,12,14-15,18-21H2,1-2H3/t23-,27-/m0/s1. The Morgan fingerprint density at radius 1 is 1.14 bits per heavy atom. The van der Waals surface area contributed by atoms with Crippen molar-refractivity contribution in [2.75, 3.05) is 39.4 Å². The lowest BCUT2D eigenvalue weighted by Crippen LogP contribution is -2.48. The molecule has 0 bridgehead atoms. The SMILES string of the molecule is CCCN(CC(=O)N1CCc2sccc2[C@@H]1COc1cccc(C)c1)C[C@H](O)COc1ccccc1. The van der Waals surface area contributed by atoms with Crippen molar-refractivity contribution >= 4 is 17.2 Å². The molecule has 0 radical (unpaired) electrons. The van der Waals surface area contributed by atoms with E-state index in [2.05, 4.69) is 18.4 Å². The van der Waals surface area contributed by atoms with Gasteiger partial charge in [0.15, 0.2) is 0 Å². The zero-order valence-electron chi connectivity index (χ0n) is 21.1. The summed E-state index contributed by atoms with van der Waals surface area (Å²) in [5.41, 5.74) is 2.33. The monoisotopic (exact) mass is 508 g/mol. The maximum absolute atomic E-state index is 13.6. The number of aliphatic hydroxyl groups excluding tert-OH is 1. The van der Waals surface area contributed by atoms with Crippen LogP contribution in [0, 0.1) is 6.92 Å². The van der Waals surface area contributed by atoms with E-state index in [0.717, 1.165) is 36.4 Å². The van der Waals surface area contributed by atoms with E-state index in [9.17, 15) is 9.90 Å². The van der Waals surface area contributed by atoms with Crippen LogP contribution in [0.15, 0.2) is 66.0 Å². The first-order chi connectivity index (χ1) is 17.5. The van der Waals surface area contributed by atoms with Crippen molar-refractivity contribution in [3.8, 4) is 11.5 Å². The number of hydrogen-bond donors (Lipinski definition) is 1. The second-order valence-electron chi connectivity index (χ2n) is 9.29. The number of carbonyl (C=O) groups is 1. The Bertz CT molecular complexity index is 1100. The molecule has 3 aromatic rings. The van der Waals surface area contributed by atoms with Gasteiger partial charge >= 0.3 is 0 Å². The Hall–Kier alpha value is -2.87. The second-order valence-corrected chi connectivity index (χ2v) is 10.3. The molecule has 192 valence electrons.